The molecule has 1 heterocycles. The molecule has 0 unspecified atom stereocenters. The molecule has 0 aliphatic carbocycles. The van der Waals surface area contributed by atoms with Crippen molar-refractivity contribution in [1.82, 2.24) is 9.71 Å². The maximum absolute atomic E-state index is 12.1. The monoisotopic (exact) mass is 371 g/mol. The summed E-state index contributed by atoms with van der Waals surface area (Å²) in [6, 6.07) is 7.08. The standard InChI is InChI=1S/C12H10BrN3O4S/c13-10-5-12(8-14-7-10)21(19,20)15-6-9-1-3-11(4-2-9)16(17)18/h1-5,7-8,15H,6H2. The van der Waals surface area contributed by atoms with E-state index in [0.29, 0.717) is 10.0 Å². The highest BCUT2D eigenvalue weighted by molar-refractivity contribution is 9.10. The molecule has 9 heteroatoms. The number of nitro benzene ring substituents is 1. The van der Waals surface area contributed by atoms with Crippen LogP contribution in [0, 0.1) is 10.1 Å². The van der Waals surface area contributed by atoms with Gasteiger partial charge in [0.1, 0.15) is 4.90 Å². The van der Waals surface area contributed by atoms with Gasteiger partial charge in [0, 0.05) is 35.5 Å². The van der Waals surface area contributed by atoms with Crippen molar-refractivity contribution >= 4 is 31.6 Å². The Labute approximate surface area is 129 Å². The van der Waals surface area contributed by atoms with Gasteiger partial charge < -0.3 is 0 Å². The second kappa shape index (κ2) is 6.29. The van der Waals surface area contributed by atoms with Gasteiger partial charge >= 0.3 is 0 Å². The molecule has 1 aromatic carbocycles. The number of halogens is 1. The van der Waals surface area contributed by atoms with Crippen molar-refractivity contribution in [3.8, 4) is 0 Å². The van der Waals surface area contributed by atoms with E-state index < -0.39 is 14.9 Å². The lowest BCUT2D eigenvalue weighted by molar-refractivity contribution is -0.384. The molecule has 0 aliphatic rings. The number of nitro groups is 1. The van der Waals surface area contributed by atoms with E-state index >= 15 is 0 Å². The predicted molar refractivity (Wildman–Crippen MR) is 79.1 cm³/mol. The van der Waals surface area contributed by atoms with Gasteiger partial charge in [0.05, 0.1) is 4.92 Å². The molecule has 0 radical (unpaired) electrons. The third-order valence-corrected chi connectivity index (χ3v) is 4.41. The minimum absolute atomic E-state index is 0.0346. The van der Waals surface area contributed by atoms with Crippen LogP contribution in [0.25, 0.3) is 0 Å². The van der Waals surface area contributed by atoms with E-state index in [-0.39, 0.29) is 17.1 Å². The molecule has 21 heavy (non-hydrogen) atoms. The van der Waals surface area contributed by atoms with Crippen molar-refractivity contribution in [2.75, 3.05) is 0 Å². The molecule has 0 spiro atoms. The summed E-state index contributed by atoms with van der Waals surface area (Å²) >= 11 is 3.15. The molecule has 0 bridgehead atoms. The van der Waals surface area contributed by atoms with Crippen molar-refractivity contribution in [2.24, 2.45) is 0 Å². The SMILES string of the molecule is O=[N+]([O-])c1ccc(CNS(=O)(=O)c2cncc(Br)c2)cc1. The summed E-state index contributed by atoms with van der Waals surface area (Å²) in [5.74, 6) is 0. The zero-order valence-corrected chi connectivity index (χ0v) is 13.0. The summed E-state index contributed by atoms with van der Waals surface area (Å²) in [4.78, 5) is 13.9. The Morgan fingerprint density at radius 3 is 2.48 bits per heavy atom. The number of non-ortho nitro benzene ring substituents is 1. The number of hydrogen-bond acceptors (Lipinski definition) is 5. The second-order valence-electron chi connectivity index (χ2n) is 4.09. The Hall–Kier alpha value is -1.84. The van der Waals surface area contributed by atoms with Crippen molar-refractivity contribution in [3.63, 3.8) is 0 Å². The first-order chi connectivity index (χ1) is 9.88. The fraction of sp³-hybridized carbons (Fsp3) is 0.0833. The Morgan fingerprint density at radius 2 is 1.90 bits per heavy atom. The first-order valence-electron chi connectivity index (χ1n) is 5.72. The highest BCUT2D eigenvalue weighted by Gasteiger charge is 2.14. The van der Waals surface area contributed by atoms with Crippen LogP contribution in [0.3, 0.4) is 0 Å². The molecule has 0 saturated heterocycles. The number of hydrogen-bond donors (Lipinski definition) is 1. The number of nitrogens with zero attached hydrogens (tertiary/aromatic N) is 2. The molecule has 0 fully saturated rings. The summed E-state index contributed by atoms with van der Waals surface area (Å²) in [5.41, 5.74) is 0.574. The van der Waals surface area contributed by atoms with Crippen LogP contribution in [0.1, 0.15) is 5.56 Å². The zero-order valence-electron chi connectivity index (χ0n) is 10.6. The normalized spacial score (nSPS) is 11.3. The quantitative estimate of drug-likeness (QED) is 0.641. The highest BCUT2D eigenvalue weighted by atomic mass is 79.9. The Balaban J connectivity index is 2.10. The van der Waals surface area contributed by atoms with E-state index in [2.05, 4.69) is 25.6 Å². The van der Waals surface area contributed by atoms with E-state index in [0.717, 1.165) is 0 Å². The lowest BCUT2D eigenvalue weighted by atomic mass is 10.2. The third kappa shape index (κ3) is 4.06. The van der Waals surface area contributed by atoms with Crippen LogP contribution < -0.4 is 4.72 Å². The third-order valence-electron chi connectivity index (χ3n) is 2.60. The number of aromatic nitrogens is 1. The van der Waals surface area contributed by atoms with Crippen molar-refractivity contribution in [2.45, 2.75) is 11.4 Å². The number of benzene rings is 1. The zero-order chi connectivity index (χ0) is 15.5. The topological polar surface area (TPSA) is 102 Å². The summed E-state index contributed by atoms with van der Waals surface area (Å²) in [7, 11) is -3.68. The maximum Gasteiger partial charge on any atom is 0.269 e. The molecule has 1 N–H and O–H groups in total. The van der Waals surface area contributed by atoms with Crippen LogP contribution in [0.2, 0.25) is 0 Å². The lowest BCUT2D eigenvalue weighted by Crippen LogP contribution is -2.23. The van der Waals surface area contributed by atoms with Gasteiger partial charge in [-0.1, -0.05) is 12.1 Å². The molecule has 1 aromatic heterocycles. The van der Waals surface area contributed by atoms with Crippen LogP contribution in [-0.2, 0) is 16.6 Å². The molecule has 110 valence electrons. The summed E-state index contributed by atoms with van der Waals surface area (Å²) < 4.78 is 27.1. The van der Waals surface area contributed by atoms with Gasteiger partial charge in [-0.15, -0.1) is 0 Å². The molecule has 0 aliphatic heterocycles. The molecule has 0 atom stereocenters. The van der Waals surface area contributed by atoms with Crippen LogP contribution in [-0.4, -0.2) is 18.3 Å². The predicted octanol–water partition coefficient (Wildman–Crippen LogP) is 2.23. The summed E-state index contributed by atoms with van der Waals surface area (Å²) in [6.45, 7) is 0.0346. The Morgan fingerprint density at radius 1 is 1.24 bits per heavy atom. The molecule has 0 saturated carbocycles. The summed E-state index contributed by atoms with van der Waals surface area (Å²) in [6.07, 6.45) is 2.72. The van der Waals surface area contributed by atoms with Crippen molar-refractivity contribution < 1.29 is 13.3 Å². The van der Waals surface area contributed by atoms with Crippen LogP contribution in [0.5, 0.6) is 0 Å². The van der Waals surface area contributed by atoms with Gasteiger partial charge in [-0.3, -0.25) is 15.1 Å². The van der Waals surface area contributed by atoms with Crippen LogP contribution in [0.15, 0.2) is 52.1 Å². The lowest BCUT2D eigenvalue weighted by Gasteiger charge is -2.06. The molecule has 0 amide bonds. The smallest absolute Gasteiger partial charge is 0.262 e. The van der Waals surface area contributed by atoms with Gasteiger partial charge in [-0.25, -0.2) is 13.1 Å². The van der Waals surface area contributed by atoms with E-state index in [1.165, 1.54) is 42.7 Å². The number of rotatable bonds is 5. The molecular weight excluding hydrogens is 362 g/mol. The largest absolute Gasteiger partial charge is 0.269 e. The molecule has 7 nitrogen and oxygen atoms in total. The first-order valence-corrected chi connectivity index (χ1v) is 8.00. The van der Waals surface area contributed by atoms with Gasteiger partial charge in [0.25, 0.3) is 5.69 Å². The van der Waals surface area contributed by atoms with E-state index in [1.807, 2.05) is 0 Å². The molecular formula is C12H10BrN3O4S. The average Bonchev–Trinajstić information content (AvgIpc) is 2.45. The van der Waals surface area contributed by atoms with E-state index in [4.69, 9.17) is 0 Å². The van der Waals surface area contributed by atoms with Gasteiger partial charge in [0.2, 0.25) is 10.0 Å². The number of sulfonamides is 1. The van der Waals surface area contributed by atoms with Crippen LogP contribution >= 0.6 is 15.9 Å². The first kappa shape index (κ1) is 15.5. The maximum atomic E-state index is 12.1. The number of nitrogens with one attached hydrogen (secondary N) is 1. The van der Waals surface area contributed by atoms with Gasteiger partial charge in [-0.05, 0) is 27.6 Å². The van der Waals surface area contributed by atoms with Gasteiger partial charge in [0.15, 0.2) is 0 Å². The fourth-order valence-electron chi connectivity index (χ4n) is 1.54. The fourth-order valence-corrected chi connectivity index (χ4v) is 3.06. The molecule has 2 aromatic rings. The number of pyridine rings is 1. The minimum atomic E-state index is -3.68. The minimum Gasteiger partial charge on any atom is -0.262 e. The van der Waals surface area contributed by atoms with Crippen molar-refractivity contribution in [1.29, 1.82) is 0 Å². The Kier molecular flexibility index (Phi) is 4.66. The average molecular weight is 372 g/mol. The highest BCUT2D eigenvalue weighted by Crippen LogP contribution is 2.15. The second-order valence-corrected chi connectivity index (χ2v) is 6.77. The molecule has 2 rings (SSSR count). The summed E-state index contributed by atoms with van der Waals surface area (Å²) in [5, 5.41) is 10.5. The van der Waals surface area contributed by atoms with E-state index in [9.17, 15) is 18.5 Å². The van der Waals surface area contributed by atoms with E-state index in [1.54, 1.807) is 0 Å². The van der Waals surface area contributed by atoms with Crippen LogP contribution in [0.4, 0.5) is 5.69 Å². The van der Waals surface area contributed by atoms with Gasteiger partial charge in [-0.2, -0.15) is 0 Å². The Bertz CT molecular complexity index is 762. The van der Waals surface area contributed by atoms with Crippen molar-refractivity contribution in [3.05, 3.63) is 62.9 Å².